The number of aryl methyl sites for hydroxylation is 2. The standard InChI is InChI=1S/C15H20ClFN4/c1-3-21-14(15(16)10(2)20-21)9-13(19-18)8-11-4-6-12(17)7-5-11/h4-7,13,19H,3,8-9,18H2,1-2H3. The molecule has 6 heteroatoms. The maximum atomic E-state index is 12.9. The lowest BCUT2D eigenvalue weighted by Gasteiger charge is -2.17. The van der Waals surface area contributed by atoms with Crippen molar-refractivity contribution in [3.8, 4) is 0 Å². The molecule has 0 saturated heterocycles. The Morgan fingerprint density at radius 2 is 2.00 bits per heavy atom. The summed E-state index contributed by atoms with van der Waals surface area (Å²) in [6.45, 7) is 4.68. The average Bonchev–Trinajstić information content (AvgIpc) is 2.76. The van der Waals surface area contributed by atoms with Crippen LogP contribution in [0, 0.1) is 12.7 Å². The molecule has 0 fully saturated rings. The normalized spacial score (nSPS) is 12.6. The highest BCUT2D eigenvalue weighted by Gasteiger charge is 2.17. The van der Waals surface area contributed by atoms with Gasteiger partial charge < -0.3 is 0 Å². The van der Waals surface area contributed by atoms with Crippen LogP contribution in [-0.2, 0) is 19.4 Å². The highest BCUT2D eigenvalue weighted by Crippen LogP contribution is 2.22. The molecule has 0 radical (unpaired) electrons. The van der Waals surface area contributed by atoms with Crippen molar-refractivity contribution in [1.82, 2.24) is 15.2 Å². The molecule has 114 valence electrons. The maximum Gasteiger partial charge on any atom is 0.123 e. The molecule has 0 aliphatic heterocycles. The molecule has 0 bridgehead atoms. The number of benzene rings is 1. The molecule has 1 atom stereocenters. The van der Waals surface area contributed by atoms with Gasteiger partial charge in [-0.25, -0.2) is 4.39 Å². The zero-order chi connectivity index (χ0) is 15.4. The topological polar surface area (TPSA) is 55.9 Å². The van der Waals surface area contributed by atoms with Crippen LogP contribution in [0.15, 0.2) is 24.3 Å². The van der Waals surface area contributed by atoms with E-state index in [0.717, 1.165) is 23.5 Å². The SMILES string of the molecule is CCn1nc(C)c(Cl)c1CC(Cc1ccc(F)cc1)NN. The predicted molar refractivity (Wildman–Crippen MR) is 82.6 cm³/mol. The van der Waals surface area contributed by atoms with Crippen LogP contribution >= 0.6 is 11.6 Å². The van der Waals surface area contributed by atoms with Crippen LogP contribution in [0.5, 0.6) is 0 Å². The van der Waals surface area contributed by atoms with E-state index in [1.807, 2.05) is 18.5 Å². The lowest BCUT2D eigenvalue weighted by molar-refractivity contribution is 0.495. The van der Waals surface area contributed by atoms with Crippen molar-refractivity contribution in [3.63, 3.8) is 0 Å². The Bertz CT molecular complexity index is 594. The van der Waals surface area contributed by atoms with Gasteiger partial charge in [0.25, 0.3) is 0 Å². The first-order valence-corrected chi connectivity index (χ1v) is 7.35. The highest BCUT2D eigenvalue weighted by atomic mass is 35.5. The van der Waals surface area contributed by atoms with E-state index in [9.17, 15) is 4.39 Å². The second-order valence-corrected chi connectivity index (χ2v) is 5.44. The van der Waals surface area contributed by atoms with Crippen LogP contribution in [0.2, 0.25) is 5.02 Å². The molecule has 3 N–H and O–H groups in total. The summed E-state index contributed by atoms with van der Waals surface area (Å²) in [6, 6.07) is 6.45. The summed E-state index contributed by atoms with van der Waals surface area (Å²) in [5.74, 6) is 5.41. The summed E-state index contributed by atoms with van der Waals surface area (Å²) in [7, 11) is 0. The molecule has 0 aliphatic carbocycles. The van der Waals surface area contributed by atoms with E-state index in [4.69, 9.17) is 17.4 Å². The van der Waals surface area contributed by atoms with Gasteiger partial charge in [0.1, 0.15) is 5.82 Å². The largest absolute Gasteiger partial charge is 0.271 e. The van der Waals surface area contributed by atoms with Gasteiger partial charge in [-0.15, -0.1) is 0 Å². The fourth-order valence-electron chi connectivity index (χ4n) is 2.39. The third-order valence-electron chi connectivity index (χ3n) is 3.52. The maximum absolute atomic E-state index is 12.9. The Hall–Kier alpha value is -1.43. The Balaban J connectivity index is 2.14. The van der Waals surface area contributed by atoms with Crippen molar-refractivity contribution in [3.05, 3.63) is 52.1 Å². The number of hydrogen-bond acceptors (Lipinski definition) is 3. The quantitative estimate of drug-likeness (QED) is 0.637. The van der Waals surface area contributed by atoms with E-state index < -0.39 is 0 Å². The van der Waals surface area contributed by atoms with Crippen LogP contribution in [0.4, 0.5) is 4.39 Å². The van der Waals surface area contributed by atoms with E-state index in [1.54, 1.807) is 12.1 Å². The van der Waals surface area contributed by atoms with Gasteiger partial charge in [0, 0.05) is 19.0 Å². The number of nitrogens with zero attached hydrogens (tertiary/aromatic N) is 2. The molecule has 0 amide bonds. The zero-order valence-corrected chi connectivity index (χ0v) is 13.0. The van der Waals surface area contributed by atoms with Gasteiger partial charge in [0.15, 0.2) is 0 Å². The third kappa shape index (κ3) is 3.81. The molecular weight excluding hydrogens is 291 g/mol. The van der Waals surface area contributed by atoms with Crippen molar-refractivity contribution >= 4 is 11.6 Å². The first-order valence-electron chi connectivity index (χ1n) is 6.97. The highest BCUT2D eigenvalue weighted by molar-refractivity contribution is 6.31. The van der Waals surface area contributed by atoms with Crippen molar-refractivity contribution in [2.24, 2.45) is 5.84 Å². The van der Waals surface area contributed by atoms with Crippen LogP contribution in [0.3, 0.4) is 0 Å². The number of hydrogen-bond donors (Lipinski definition) is 2. The molecule has 1 unspecified atom stereocenters. The minimum Gasteiger partial charge on any atom is -0.271 e. The van der Waals surface area contributed by atoms with Crippen LogP contribution in [-0.4, -0.2) is 15.8 Å². The zero-order valence-electron chi connectivity index (χ0n) is 12.2. The second kappa shape index (κ2) is 7.02. The van der Waals surface area contributed by atoms with E-state index in [2.05, 4.69) is 10.5 Å². The predicted octanol–water partition coefficient (Wildman–Crippen LogP) is 2.62. The van der Waals surface area contributed by atoms with Crippen molar-refractivity contribution in [1.29, 1.82) is 0 Å². The summed E-state index contributed by atoms with van der Waals surface area (Å²) in [6.07, 6.45) is 1.36. The van der Waals surface area contributed by atoms with E-state index in [-0.39, 0.29) is 11.9 Å². The fourth-order valence-corrected chi connectivity index (χ4v) is 2.60. The Labute approximate surface area is 129 Å². The number of halogens is 2. The first kappa shape index (κ1) is 15.9. The minimum absolute atomic E-state index is 0.00867. The van der Waals surface area contributed by atoms with Crippen LogP contribution in [0.25, 0.3) is 0 Å². The Morgan fingerprint density at radius 3 is 2.57 bits per heavy atom. The monoisotopic (exact) mass is 310 g/mol. The van der Waals surface area contributed by atoms with Gasteiger partial charge in [-0.05, 0) is 38.0 Å². The summed E-state index contributed by atoms with van der Waals surface area (Å²) in [5.41, 5.74) is 5.63. The summed E-state index contributed by atoms with van der Waals surface area (Å²) in [4.78, 5) is 0. The smallest absolute Gasteiger partial charge is 0.123 e. The third-order valence-corrected chi connectivity index (χ3v) is 4.02. The van der Waals surface area contributed by atoms with Crippen molar-refractivity contribution in [2.75, 3.05) is 0 Å². The minimum atomic E-state index is -0.237. The second-order valence-electron chi connectivity index (χ2n) is 5.06. The van der Waals surface area contributed by atoms with Gasteiger partial charge in [-0.3, -0.25) is 16.0 Å². The van der Waals surface area contributed by atoms with Crippen molar-refractivity contribution in [2.45, 2.75) is 39.3 Å². The van der Waals surface area contributed by atoms with E-state index >= 15 is 0 Å². The average molecular weight is 311 g/mol. The Morgan fingerprint density at radius 1 is 1.33 bits per heavy atom. The molecular formula is C15H20ClFN4. The Kier molecular flexibility index (Phi) is 5.33. The van der Waals surface area contributed by atoms with Crippen LogP contribution < -0.4 is 11.3 Å². The molecule has 21 heavy (non-hydrogen) atoms. The van der Waals surface area contributed by atoms with Gasteiger partial charge in [0.2, 0.25) is 0 Å². The molecule has 0 saturated carbocycles. The molecule has 1 aromatic carbocycles. The van der Waals surface area contributed by atoms with Crippen LogP contribution in [0.1, 0.15) is 23.9 Å². The molecule has 0 aliphatic rings. The van der Waals surface area contributed by atoms with E-state index in [1.165, 1.54) is 12.1 Å². The lowest BCUT2D eigenvalue weighted by atomic mass is 10.0. The summed E-state index contributed by atoms with van der Waals surface area (Å²) < 4.78 is 14.8. The number of aromatic nitrogens is 2. The number of nitrogens with two attached hydrogens (primary N) is 1. The van der Waals surface area contributed by atoms with Gasteiger partial charge >= 0.3 is 0 Å². The number of rotatable bonds is 6. The molecule has 4 nitrogen and oxygen atoms in total. The fraction of sp³-hybridized carbons (Fsp3) is 0.400. The molecule has 1 aromatic heterocycles. The van der Waals surface area contributed by atoms with Gasteiger partial charge in [-0.1, -0.05) is 23.7 Å². The first-order chi connectivity index (χ1) is 10.0. The molecule has 1 heterocycles. The lowest BCUT2D eigenvalue weighted by Crippen LogP contribution is -2.39. The number of hydrazine groups is 1. The van der Waals surface area contributed by atoms with Gasteiger partial charge in [-0.2, -0.15) is 5.10 Å². The van der Waals surface area contributed by atoms with Crippen molar-refractivity contribution < 1.29 is 4.39 Å². The number of nitrogens with one attached hydrogen (secondary N) is 1. The molecule has 2 rings (SSSR count). The summed E-state index contributed by atoms with van der Waals surface area (Å²) >= 11 is 6.32. The van der Waals surface area contributed by atoms with E-state index in [0.29, 0.717) is 17.9 Å². The molecule has 0 spiro atoms. The molecule has 2 aromatic rings. The van der Waals surface area contributed by atoms with Gasteiger partial charge in [0.05, 0.1) is 16.4 Å². The summed E-state index contributed by atoms with van der Waals surface area (Å²) in [5, 5.41) is 5.09.